The second-order valence-electron chi connectivity index (χ2n) is 6.51. The number of aryl methyl sites for hydroxylation is 1. The van der Waals surface area contributed by atoms with Crippen molar-refractivity contribution in [3.63, 3.8) is 0 Å². The van der Waals surface area contributed by atoms with Gasteiger partial charge in [-0.3, -0.25) is 14.5 Å². The number of methoxy groups -OCH3 is 1. The van der Waals surface area contributed by atoms with Crippen LogP contribution in [0.5, 0.6) is 5.75 Å². The maximum absolute atomic E-state index is 13.3. The molecular formula is C17H21ClF3N3O3. The van der Waals surface area contributed by atoms with Crippen LogP contribution in [-0.4, -0.2) is 49.1 Å². The molecule has 0 saturated carbocycles. The highest BCUT2D eigenvalue weighted by Crippen LogP contribution is 2.34. The zero-order valence-electron chi connectivity index (χ0n) is 14.9. The number of nitrogens with one attached hydrogen (secondary N) is 1. The summed E-state index contributed by atoms with van der Waals surface area (Å²) in [5.41, 5.74) is 6.21. The number of anilines is 1. The minimum absolute atomic E-state index is 0.0435. The van der Waals surface area contributed by atoms with Gasteiger partial charge in [-0.2, -0.15) is 13.2 Å². The lowest BCUT2D eigenvalue weighted by Crippen LogP contribution is -2.55. The van der Waals surface area contributed by atoms with E-state index >= 15 is 0 Å². The van der Waals surface area contributed by atoms with Crippen LogP contribution in [0.15, 0.2) is 12.1 Å². The first-order valence-electron chi connectivity index (χ1n) is 8.27. The maximum atomic E-state index is 13.3. The number of halogens is 4. The van der Waals surface area contributed by atoms with Gasteiger partial charge < -0.3 is 15.8 Å². The van der Waals surface area contributed by atoms with E-state index in [2.05, 4.69) is 5.32 Å². The van der Waals surface area contributed by atoms with Gasteiger partial charge in [0.25, 0.3) is 0 Å². The molecule has 0 spiro atoms. The van der Waals surface area contributed by atoms with Crippen LogP contribution < -0.4 is 15.8 Å². The van der Waals surface area contributed by atoms with Gasteiger partial charge in [0, 0.05) is 17.6 Å². The van der Waals surface area contributed by atoms with Gasteiger partial charge in [-0.25, -0.2) is 0 Å². The first-order valence-corrected chi connectivity index (χ1v) is 8.64. The average molecular weight is 408 g/mol. The number of nitrogens with zero attached hydrogens (tertiary/aromatic N) is 1. The predicted molar refractivity (Wildman–Crippen MR) is 94.7 cm³/mol. The number of carbonyl (C=O) groups is 2. The molecule has 2 amide bonds. The van der Waals surface area contributed by atoms with Crippen molar-refractivity contribution in [3.05, 3.63) is 22.7 Å². The summed E-state index contributed by atoms with van der Waals surface area (Å²) in [6.07, 6.45) is -4.74. The first-order chi connectivity index (χ1) is 12.5. The topological polar surface area (TPSA) is 84.7 Å². The first kappa shape index (κ1) is 21.3. The Morgan fingerprint density at radius 1 is 1.37 bits per heavy atom. The molecule has 10 heteroatoms. The number of hydrogen-bond donors (Lipinski definition) is 2. The molecule has 6 nitrogen and oxygen atoms in total. The molecule has 1 fully saturated rings. The Kier molecular flexibility index (Phi) is 6.59. The van der Waals surface area contributed by atoms with E-state index in [9.17, 15) is 22.8 Å². The number of nitrogens with two attached hydrogens (primary N) is 1. The van der Waals surface area contributed by atoms with Gasteiger partial charge in [0.1, 0.15) is 11.8 Å². The van der Waals surface area contributed by atoms with Crippen LogP contribution in [0.25, 0.3) is 0 Å². The van der Waals surface area contributed by atoms with Crippen LogP contribution in [0, 0.1) is 12.8 Å². The van der Waals surface area contributed by atoms with Crippen LogP contribution in [0.2, 0.25) is 5.02 Å². The SMILES string of the molecule is COc1cc(Cl)c(C)cc1NC(=O)CN1CC(C(N)=O)CCC1C(F)(F)F. The van der Waals surface area contributed by atoms with E-state index in [1.54, 1.807) is 13.0 Å². The van der Waals surface area contributed by atoms with Gasteiger partial charge in [0.2, 0.25) is 11.8 Å². The molecule has 27 heavy (non-hydrogen) atoms. The molecule has 0 aromatic heterocycles. The molecule has 1 saturated heterocycles. The van der Waals surface area contributed by atoms with Gasteiger partial charge in [-0.05, 0) is 31.4 Å². The second-order valence-corrected chi connectivity index (χ2v) is 6.92. The van der Waals surface area contributed by atoms with Crippen LogP contribution in [0.4, 0.5) is 18.9 Å². The zero-order valence-corrected chi connectivity index (χ0v) is 15.7. The fraction of sp³-hybridized carbons (Fsp3) is 0.529. The second kappa shape index (κ2) is 8.35. The van der Waals surface area contributed by atoms with E-state index in [-0.39, 0.29) is 19.4 Å². The highest BCUT2D eigenvalue weighted by atomic mass is 35.5. The fourth-order valence-electron chi connectivity index (χ4n) is 3.12. The monoisotopic (exact) mass is 407 g/mol. The van der Waals surface area contributed by atoms with E-state index in [1.807, 2.05) is 0 Å². The number of likely N-dealkylation sites (tertiary alicyclic amines) is 1. The number of rotatable bonds is 5. The minimum Gasteiger partial charge on any atom is -0.495 e. The van der Waals surface area contributed by atoms with Gasteiger partial charge in [0.15, 0.2) is 0 Å². The number of alkyl halides is 3. The summed E-state index contributed by atoms with van der Waals surface area (Å²) in [6, 6.07) is 1.28. The van der Waals surface area contributed by atoms with E-state index in [4.69, 9.17) is 22.1 Å². The number of amides is 2. The van der Waals surface area contributed by atoms with E-state index < -0.39 is 36.5 Å². The van der Waals surface area contributed by atoms with Gasteiger partial charge in [0.05, 0.1) is 25.3 Å². The molecule has 2 unspecified atom stereocenters. The van der Waals surface area contributed by atoms with Crippen LogP contribution >= 0.6 is 11.6 Å². The quantitative estimate of drug-likeness (QED) is 0.786. The predicted octanol–water partition coefficient (Wildman–Crippen LogP) is 2.72. The maximum Gasteiger partial charge on any atom is 0.404 e. The normalized spacial score (nSPS) is 21.0. The molecule has 3 N–H and O–H groups in total. The Morgan fingerprint density at radius 3 is 2.59 bits per heavy atom. The number of hydrogen-bond acceptors (Lipinski definition) is 4. The van der Waals surface area contributed by atoms with Crippen molar-refractivity contribution < 1.29 is 27.5 Å². The van der Waals surface area contributed by atoms with Crippen molar-refractivity contribution >= 4 is 29.1 Å². The van der Waals surface area contributed by atoms with Gasteiger partial charge in [-0.15, -0.1) is 0 Å². The summed E-state index contributed by atoms with van der Waals surface area (Å²) in [5, 5.41) is 2.98. The number of ether oxygens (including phenoxy) is 1. The largest absolute Gasteiger partial charge is 0.495 e. The zero-order chi connectivity index (χ0) is 20.4. The Hall–Kier alpha value is -2.00. The van der Waals surface area contributed by atoms with Crippen molar-refractivity contribution in [2.45, 2.75) is 32.0 Å². The number of piperidine rings is 1. The summed E-state index contributed by atoms with van der Waals surface area (Å²) in [6.45, 7) is 0.974. The minimum atomic E-state index is -4.50. The number of carbonyl (C=O) groups excluding carboxylic acids is 2. The molecule has 1 heterocycles. The van der Waals surface area contributed by atoms with Crippen molar-refractivity contribution in [1.82, 2.24) is 4.90 Å². The van der Waals surface area contributed by atoms with E-state index in [0.717, 1.165) is 4.90 Å². The summed E-state index contributed by atoms with van der Waals surface area (Å²) < 4.78 is 45.0. The number of benzene rings is 1. The van der Waals surface area contributed by atoms with E-state index in [0.29, 0.717) is 22.0 Å². The molecule has 1 aromatic rings. The fourth-order valence-corrected chi connectivity index (χ4v) is 3.28. The smallest absolute Gasteiger partial charge is 0.404 e. The Bertz CT molecular complexity index is 727. The van der Waals surface area contributed by atoms with Crippen molar-refractivity contribution in [2.24, 2.45) is 11.7 Å². The summed E-state index contributed by atoms with van der Waals surface area (Å²) in [4.78, 5) is 24.7. The average Bonchev–Trinajstić information content (AvgIpc) is 2.56. The third-order valence-corrected chi connectivity index (χ3v) is 4.97. The lowest BCUT2D eigenvalue weighted by molar-refractivity contribution is -0.195. The highest BCUT2D eigenvalue weighted by molar-refractivity contribution is 6.31. The van der Waals surface area contributed by atoms with Crippen molar-refractivity contribution in [3.8, 4) is 5.75 Å². The summed E-state index contributed by atoms with van der Waals surface area (Å²) >= 11 is 6.00. The Labute approximate surface area is 159 Å². The van der Waals surface area contributed by atoms with E-state index in [1.165, 1.54) is 13.2 Å². The third kappa shape index (κ3) is 5.26. The third-order valence-electron chi connectivity index (χ3n) is 4.57. The van der Waals surface area contributed by atoms with Crippen molar-refractivity contribution in [1.29, 1.82) is 0 Å². The molecule has 0 bridgehead atoms. The molecular weight excluding hydrogens is 387 g/mol. The Morgan fingerprint density at radius 2 is 2.04 bits per heavy atom. The summed E-state index contributed by atoms with van der Waals surface area (Å²) in [5.74, 6) is -1.76. The molecule has 150 valence electrons. The lowest BCUT2D eigenvalue weighted by Gasteiger charge is -2.39. The Balaban J connectivity index is 2.16. The highest BCUT2D eigenvalue weighted by Gasteiger charge is 2.47. The molecule has 2 rings (SSSR count). The lowest BCUT2D eigenvalue weighted by atomic mass is 9.92. The van der Waals surface area contributed by atoms with Crippen LogP contribution in [-0.2, 0) is 9.59 Å². The molecule has 0 aliphatic carbocycles. The van der Waals surface area contributed by atoms with Crippen molar-refractivity contribution in [2.75, 3.05) is 25.5 Å². The van der Waals surface area contributed by atoms with Gasteiger partial charge in [-0.1, -0.05) is 11.6 Å². The molecule has 1 aliphatic rings. The van der Waals surface area contributed by atoms with Gasteiger partial charge >= 0.3 is 6.18 Å². The molecule has 1 aromatic carbocycles. The van der Waals surface area contributed by atoms with Crippen LogP contribution in [0.1, 0.15) is 18.4 Å². The standard InChI is InChI=1S/C17H21ClF3N3O3/c1-9-5-12(13(27-2)6-11(9)18)23-15(25)8-24-7-10(16(22)26)3-4-14(24)17(19,20)21/h5-6,10,14H,3-4,7-8H2,1-2H3,(H2,22,26)(H,23,25). The molecule has 0 radical (unpaired) electrons. The molecule has 1 aliphatic heterocycles. The number of primary amides is 1. The molecule has 2 atom stereocenters. The van der Waals surface area contributed by atoms with Crippen LogP contribution in [0.3, 0.4) is 0 Å². The summed E-state index contributed by atoms with van der Waals surface area (Å²) in [7, 11) is 1.39.